The van der Waals surface area contributed by atoms with Crippen LogP contribution in [0.2, 0.25) is 0 Å². The molecule has 0 aromatic heterocycles. The van der Waals surface area contributed by atoms with Crippen LogP contribution in [0.4, 0.5) is 5.69 Å². The number of nitriles is 2. The van der Waals surface area contributed by atoms with E-state index in [1.807, 2.05) is 114 Å². The van der Waals surface area contributed by atoms with Crippen molar-refractivity contribution in [2.75, 3.05) is 4.90 Å². The molecular formula is C31H21N3O. The zero-order valence-corrected chi connectivity index (χ0v) is 18.9. The molecule has 0 bridgehead atoms. The number of fused-ring (bicyclic) bond motifs is 4. The summed E-state index contributed by atoms with van der Waals surface area (Å²) >= 11 is 0. The summed E-state index contributed by atoms with van der Waals surface area (Å²) in [5.74, 6) is -0.747. The van der Waals surface area contributed by atoms with Gasteiger partial charge in [0.2, 0.25) is 0 Å². The van der Waals surface area contributed by atoms with Crippen molar-refractivity contribution < 1.29 is 4.79 Å². The van der Waals surface area contributed by atoms with Crippen molar-refractivity contribution in [2.24, 2.45) is 5.41 Å². The standard InChI is InChI=1S/C31H21N3O/c32-19-31(20-33)27-18-17-22-10-5-7-16-26(22)34(27)29(30(35)23-11-2-1-3-12-23)28(31)25-15-8-13-21-9-4-6-14-24(21)25/h1-18,27-29H/t27?,28-,29+/m1/s1. The maximum Gasteiger partial charge on any atom is 0.185 e. The Bertz CT molecular complexity index is 1560. The summed E-state index contributed by atoms with van der Waals surface area (Å²) in [4.78, 5) is 16.3. The average Bonchev–Trinajstić information content (AvgIpc) is 3.23. The summed E-state index contributed by atoms with van der Waals surface area (Å²) in [6.45, 7) is 0. The number of hydrogen-bond acceptors (Lipinski definition) is 4. The van der Waals surface area contributed by atoms with Crippen molar-refractivity contribution in [2.45, 2.75) is 18.0 Å². The average molecular weight is 452 g/mol. The lowest BCUT2D eigenvalue weighted by atomic mass is 9.68. The van der Waals surface area contributed by atoms with Gasteiger partial charge in [-0.2, -0.15) is 10.5 Å². The van der Waals surface area contributed by atoms with Crippen molar-refractivity contribution in [3.63, 3.8) is 0 Å². The van der Waals surface area contributed by atoms with E-state index in [4.69, 9.17) is 0 Å². The van der Waals surface area contributed by atoms with Crippen LogP contribution >= 0.6 is 0 Å². The first-order chi connectivity index (χ1) is 17.2. The predicted octanol–water partition coefficient (Wildman–Crippen LogP) is 6.12. The molecule has 166 valence electrons. The lowest BCUT2D eigenvalue weighted by Gasteiger charge is -2.35. The van der Waals surface area contributed by atoms with Crippen LogP contribution in [0.15, 0.2) is 103 Å². The Hall–Kier alpha value is -4.67. The molecule has 4 nitrogen and oxygen atoms in total. The Morgan fingerprint density at radius 3 is 2.29 bits per heavy atom. The van der Waals surface area contributed by atoms with Crippen LogP contribution < -0.4 is 4.90 Å². The fourth-order valence-electron chi connectivity index (χ4n) is 5.87. The SMILES string of the molecule is N#CC1(C#N)C2C=Cc3ccccc3N2[C@H](C(=O)c2ccccc2)[C@H]1c1cccc2ccccc12. The van der Waals surface area contributed by atoms with E-state index in [1.54, 1.807) is 0 Å². The summed E-state index contributed by atoms with van der Waals surface area (Å²) in [6, 6.07) is 34.5. The third-order valence-electron chi connectivity index (χ3n) is 7.40. The predicted molar refractivity (Wildman–Crippen MR) is 137 cm³/mol. The van der Waals surface area contributed by atoms with Crippen LogP contribution in [0.25, 0.3) is 16.8 Å². The van der Waals surface area contributed by atoms with Gasteiger partial charge >= 0.3 is 0 Å². The molecule has 1 saturated heterocycles. The topological polar surface area (TPSA) is 67.9 Å². The highest BCUT2D eigenvalue weighted by atomic mass is 16.1. The minimum Gasteiger partial charge on any atom is -0.351 e. The molecule has 2 heterocycles. The van der Waals surface area contributed by atoms with Crippen molar-refractivity contribution in [3.8, 4) is 12.1 Å². The number of para-hydroxylation sites is 1. The molecule has 0 N–H and O–H groups in total. The van der Waals surface area contributed by atoms with Gasteiger partial charge in [-0.1, -0.05) is 103 Å². The number of carbonyl (C=O) groups is 1. The van der Waals surface area contributed by atoms with Gasteiger partial charge in [-0.15, -0.1) is 0 Å². The smallest absolute Gasteiger partial charge is 0.185 e. The van der Waals surface area contributed by atoms with E-state index in [9.17, 15) is 15.3 Å². The highest BCUT2D eigenvalue weighted by Gasteiger charge is 2.63. The first-order valence-corrected chi connectivity index (χ1v) is 11.6. The van der Waals surface area contributed by atoms with Crippen LogP contribution in [0.1, 0.15) is 27.4 Å². The Balaban J connectivity index is 1.68. The van der Waals surface area contributed by atoms with Crippen LogP contribution in [-0.4, -0.2) is 17.9 Å². The Morgan fingerprint density at radius 1 is 0.800 bits per heavy atom. The minimum atomic E-state index is -1.46. The van der Waals surface area contributed by atoms with Crippen LogP contribution in [-0.2, 0) is 0 Å². The summed E-state index contributed by atoms with van der Waals surface area (Å²) in [6.07, 6.45) is 3.89. The fourth-order valence-corrected chi connectivity index (χ4v) is 5.87. The second-order valence-electron chi connectivity index (χ2n) is 9.08. The molecule has 2 aliphatic heterocycles. The number of Topliss-reactive ketones (excluding diaryl/α,β-unsaturated/α-hetero) is 1. The molecule has 4 aromatic carbocycles. The van der Waals surface area contributed by atoms with Gasteiger partial charge < -0.3 is 4.90 Å². The van der Waals surface area contributed by atoms with E-state index in [0.717, 1.165) is 27.6 Å². The Morgan fingerprint density at radius 2 is 1.49 bits per heavy atom. The molecule has 1 unspecified atom stereocenters. The Labute approximate surface area is 204 Å². The summed E-state index contributed by atoms with van der Waals surface area (Å²) in [7, 11) is 0. The molecule has 4 heteroatoms. The van der Waals surface area contributed by atoms with Crippen molar-refractivity contribution >= 4 is 28.3 Å². The Kier molecular flexibility index (Phi) is 4.76. The first-order valence-electron chi connectivity index (χ1n) is 11.6. The zero-order valence-electron chi connectivity index (χ0n) is 18.9. The number of nitrogens with zero attached hydrogens (tertiary/aromatic N) is 3. The maximum atomic E-state index is 14.3. The van der Waals surface area contributed by atoms with E-state index < -0.39 is 23.4 Å². The first kappa shape index (κ1) is 20.9. The lowest BCUT2D eigenvalue weighted by Crippen LogP contribution is -2.44. The lowest BCUT2D eigenvalue weighted by molar-refractivity contribution is 0.0951. The van der Waals surface area contributed by atoms with Gasteiger partial charge in [0.05, 0.1) is 18.2 Å². The van der Waals surface area contributed by atoms with Gasteiger partial charge in [0, 0.05) is 17.2 Å². The van der Waals surface area contributed by atoms with E-state index in [2.05, 4.69) is 12.1 Å². The van der Waals surface area contributed by atoms with Crippen molar-refractivity contribution in [3.05, 3.63) is 120 Å². The van der Waals surface area contributed by atoms with E-state index in [-0.39, 0.29) is 5.78 Å². The van der Waals surface area contributed by atoms with Crippen molar-refractivity contribution in [1.82, 2.24) is 0 Å². The molecule has 6 rings (SSSR count). The van der Waals surface area contributed by atoms with Gasteiger partial charge in [0.1, 0.15) is 6.04 Å². The van der Waals surface area contributed by atoms with Crippen LogP contribution in [0.5, 0.6) is 0 Å². The molecule has 4 aromatic rings. The van der Waals surface area contributed by atoms with Crippen molar-refractivity contribution in [1.29, 1.82) is 10.5 Å². The third-order valence-corrected chi connectivity index (χ3v) is 7.40. The quantitative estimate of drug-likeness (QED) is 0.352. The van der Waals surface area contributed by atoms with Gasteiger partial charge in [-0.05, 0) is 28.0 Å². The number of anilines is 1. The molecule has 2 aliphatic rings. The van der Waals surface area contributed by atoms with E-state index in [0.29, 0.717) is 5.56 Å². The highest BCUT2D eigenvalue weighted by molar-refractivity contribution is 6.05. The molecule has 0 amide bonds. The summed E-state index contributed by atoms with van der Waals surface area (Å²) < 4.78 is 0. The van der Waals surface area contributed by atoms with Crippen LogP contribution in [0, 0.1) is 28.1 Å². The molecule has 3 atom stereocenters. The van der Waals surface area contributed by atoms with E-state index >= 15 is 0 Å². The van der Waals surface area contributed by atoms with Gasteiger partial charge in [0.25, 0.3) is 0 Å². The maximum absolute atomic E-state index is 14.3. The molecule has 1 fully saturated rings. The normalized spacial score (nSPS) is 21.5. The summed E-state index contributed by atoms with van der Waals surface area (Å²) in [5, 5.41) is 23.2. The monoisotopic (exact) mass is 451 g/mol. The molecule has 0 spiro atoms. The van der Waals surface area contributed by atoms with Gasteiger partial charge in [0.15, 0.2) is 11.2 Å². The van der Waals surface area contributed by atoms with Gasteiger partial charge in [-0.3, -0.25) is 4.79 Å². The number of rotatable bonds is 3. The van der Waals surface area contributed by atoms with Crippen LogP contribution in [0.3, 0.4) is 0 Å². The third kappa shape index (κ3) is 2.94. The van der Waals surface area contributed by atoms with E-state index in [1.165, 1.54) is 0 Å². The number of carbonyl (C=O) groups excluding carboxylic acids is 1. The zero-order chi connectivity index (χ0) is 24.0. The molecule has 0 radical (unpaired) electrons. The molecule has 0 aliphatic carbocycles. The molecule has 0 saturated carbocycles. The molecule has 35 heavy (non-hydrogen) atoms. The second-order valence-corrected chi connectivity index (χ2v) is 9.08. The molecular weight excluding hydrogens is 430 g/mol. The highest BCUT2D eigenvalue weighted by Crippen LogP contribution is 2.56. The fraction of sp³-hybridized carbons (Fsp3) is 0.129. The summed E-state index contributed by atoms with van der Waals surface area (Å²) in [5.41, 5.74) is 1.80. The number of hydrogen-bond donors (Lipinski definition) is 0. The largest absolute Gasteiger partial charge is 0.351 e. The van der Waals surface area contributed by atoms with Gasteiger partial charge in [-0.25, -0.2) is 0 Å². The number of benzene rings is 4. The number of ketones is 1. The second kappa shape index (κ2) is 7.97. The minimum absolute atomic E-state index is 0.0917.